The first-order chi connectivity index (χ1) is 9.60. The molecule has 0 aliphatic rings. The number of hydrogen-bond acceptors (Lipinski definition) is 5. The third-order valence-electron chi connectivity index (χ3n) is 2.72. The SMILES string of the molecule is COC(=O)C(C)N(CC=O)C(=O)OCc1ccccc1. The quantitative estimate of drug-likeness (QED) is 0.581. The number of carbonyl (C=O) groups is 3. The Bertz CT molecular complexity index is 460. The molecule has 0 saturated heterocycles. The van der Waals surface area contributed by atoms with Crippen molar-refractivity contribution < 1.29 is 23.9 Å². The van der Waals surface area contributed by atoms with Crippen LogP contribution in [0.15, 0.2) is 30.3 Å². The summed E-state index contributed by atoms with van der Waals surface area (Å²) < 4.78 is 9.63. The summed E-state index contributed by atoms with van der Waals surface area (Å²) in [6.07, 6.45) is -0.206. The number of nitrogens with zero attached hydrogens (tertiary/aromatic N) is 1. The van der Waals surface area contributed by atoms with Gasteiger partial charge in [0.05, 0.1) is 13.7 Å². The van der Waals surface area contributed by atoms with Gasteiger partial charge in [0, 0.05) is 0 Å². The minimum absolute atomic E-state index is 0.0723. The fraction of sp³-hybridized carbons (Fsp3) is 0.357. The summed E-state index contributed by atoms with van der Waals surface area (Å²) in [7, 11) is 1.22. The van der Waals surface area contributed by atoms with Gasteiger partial charge in [-0.25, -0.2) is 9.59 Å². The van der Waals surface area contributed by atoms with Crippen LogP contribution in [0.25, 0.3) is 0 Å². The summed E-state index contributed by atoms with van der Waals surface area (Å²) in [5, 5.41) is 0. The van der Waals surface area contributed by atoms with Gasteiger partial charge in [-0.1, -0.05) is 30.3 Å². The molecule has 0 saturated carbocycles. The summed E-state index contributed by atoms with van der Waals surface area (Å²) in [4.78, 5) is 34.9. The zero-order valence-electron chi connectivity index (χ0n) is 11.4. The molecule has 0 heterocycles. The first kappa shape index (κ1) is 15.7. The lowest BCUT2D eigenvalue weighted by atomic mass is 10.2. The maximum absolute atomic E-state index is 11.9. The molecule has 6 nitrogen and oxygen atoms in total. The Hall–Kier alpha value is -2.37. The van der Waals surface area contributed by atoms with Crippen LogP contribution in [-0.2, 0) is 25.7 Å². The van der Waals surface area contributed by atoms with E-state index in [1.807, 2.05) is 18.2 Å². The van der Waals surface area contributed by atoms with Crippen LogP contribution >= 0.6 is 0 Å². The van der Waals surface area contributed by atoms with Gasteiger partial charge in [0.2, 0.25) is 0 Å². The number of benzene rings is 1. The third kappa shape index (κ3) is 4.38. The van der Waals surface area contributed by atoms with Gasteiger partial charge in [-0.15, -0.1) is 0 Å². The van der Waals surface area contributed by atoms with E-state index >= 15 is 0 Å². The van der Waals surface area contributed by atoms with Crippen molar-refractivity contribution in [2.45, 2.75) is 19.6 Å². The average Bonchev–Trinajstić information content (AvgIpc) is 2.49. The number of aldehydes is 1. The highest BCUT2D eigenvalue weighted by Crippen LogP contribution is 2.07. The molecular formula is C14H17NO5. The Morgan fingerprint density at radius 1 is 1.30 bits per heavy atom. The molecule has 0 fully saturated rings. The molecule has 0 N–H and O–H groups in total. The lowest BCUT2D eigenvalue weighted by Gasteiger charge is -2.24. The molecule has 108 valence electrons. The predicted molar refractivity (Wildman–Crippen MR) is 70.9 cm³/mol. The number of methoxy groups -OCH3 is 1. The lowest BCUT2D eigenvalue weighted by Crippen LogP contribution is -2.45. The summed E-state index contributed by atoms with van der Waals surface area (Å²) in [6.45, 7) is 1.31. The number of ether oxygens (including phenoxy) is 2. The topological polar surface area (TPSA) is 72.9 Å². The Labute approximate surface area is 117 Å². The average molecular weight is 279 g/mol. The van der Waals surface area contributed by atoms with E-state index in [1.54, 1.807) is 12.1 Å². The van der Waals surface area contributed by atoms with Gasteiger partial charge in [0.25, 0.3) is 0 Å². The highest BCUT2D eigenvalue weighted by molar-refractivity contribution is 5.82. The smallest absolute Gasteiger partial charge is 0.411 e. The molecule has 1 aromatic rings. The van der Waals surface area contributed by atoms with Crippen molar-refractivity contribution in [3.05, 3.63) is 35.9 Å². The normalized spacial score (nSPS) is 11.3. The van der Waals surface area contributed by atoms with Crippen molar-refractivity contribution in [3.8, 4) is 0 Å². The second-order valence-corrected chi connectivity index (χ2v) is 4.06. The molecule has 1 rings (SSSR count). The lowest BCUT2D eigenvalue weighted by molar-refractivity contribution is -0.145. The van der Waals surface area contributed by atoms with Gasteiger partial charge in [-0.05, 0) is 12.5 Å². The van der Waals surface area contributed by atoms with Crippen molar-refractivity contribution >= 4 is 18.3 Å². The van der Waals surface area contributed by atoms with E-state index in [-0.39, 0.29) is 13.2 Å². The zero-order valence-corrected chi connectivity index (χ0v) is 11.4. The number of rotatable bonds is 6. The van der Waals surface area contributed by atoms with Crippen LogP contribution in [-0.4, -0.2) is 42.9 Å². The minimum Gasteiger partial charge on any atom is -0.467 e. The van der Waals surface area contributed by atoms with Crippen molar-refractivity contribution in [2.24, 2.45) is 0 Å². The number of esters is 1. The predicted octanol–water partition coefficient (Wildman–Crippen LogP) is 1.39. The van der Waals surface area contributed by atoms with E-state index in [0.717, 1.165) is 10.5 Å². The Kier molecular flexibility index (Phi) is 6.22. The van der Waals surface area contributed by atoms with Crippen LogP contribution in [0.4, 0.5) is 4.79 Å². The summed E-state index contributed by atoms with van der Waals surface area (Å²) in [6, 6.07) is 8.23. The van der Waals surface area contributed by atoms with Crippen LogP contribution in [0.1, 0.15) is 12.5 Å². The van der Waals surface area contributed by atoms with Gasteiger partial charge in [0.15, 0.2) is 0 Å². The van der Waals surface area contributed by atoms with E-state index in [0.29, 0.717) is 6.29 Å². The maximum Gasteiger partial charge on any atom is 0.411 e. The van der Waals surface area contributed by atoms with Crippen LogP contribution in [0, 0.1) is 0 Å². The first-order valence-electron chi connectivity index (χ1n) is 6.09. The number of amides is 1. The van der Waals surface area contributed by atoms with E-state index in [4.69, 9.17) is 4.74 Å². The van der Waals surface area contributed by atoms with Crippen LogP contribution in [0.3, 0.4) is 0 Å². The fourth-order valence-electron chi connectivity index (χ4n) is 1.57. The zero-order chi connectivity index (χ0) is 15.0. The fourth-order valence-corrected chi connectivity index (χ4v) is 1.57. The first-order valence-corrected chi connectivity index (χ1v) is 6.09. The van der Waals surface area contributed by atoms with Crippen molar-refractivity contribution in [2.75, 3.05) is 13.7 Å². The van der Waals surface area contributed by atoms with E-state index in [1.165, 1.54) is 14.0 Å². The van der Waals surface area contributed by atoms with Gasteiger partial charge in [-0.3, -0.25) is 4.90 Å². The minimum atomic E-state index is -0.881. The second-order valence-electron chi connectivity index (χ2n) is 4.06. The Morgan fingerprint density at radius 2 is 1.95 bits per heavy atom. The Balaban J connectivity index is 2.64. The summed E-state index contributed by atoms with van der Waals surface area (Å²) in [5.74, 6) is -0.608. The second kappa shape index (κ2) is 7.93. The van der Waals surface area contributed by atoms with Gasteiger partial charge < -0.3 is 14.3 Å². The third-order valence-corrected chi connectivity index (χ3v) is 2.72. The largest absolute Gasteiger partial charge is 0.467 e. The number of carbonyl (C=O) groups excluding carboxylic acids is 3. The molecule has 6 heteroatoms. The molecule has 1 aromatic carbocycles. The molecule has 0 spiro atoms. The summed E-state index contributed by atoms with van der Waals surface area (Å²) in [5.41, 5.74) is 0.817. The van der Waals surface area contributed by atoms with Gasteiger partial charge in [0.1, 0.15) is 18.9 Å². The Morgan fingerprint density at radius 3 is 2.50 bits per heavy atom. The molecule has 1 unspecified atom stereocenters. The molecule has 0 aromatic heterocycles. The molecule has 0 bridgehead atoms. The van der Waals surface area contributed by atoms with Crippen LogP contribution < -0.4 is 0 Å². The van der Waals surface area contributed by atoms with E-state index in [9.17, 15) is 14.4 Å². The van der Waals surface area contributed by atoms with Crippen molar-refractivity contribution in [3.63, 3.8) is 0 Å². The summed E-state index contributed by atoms with van der Waals surface area (Å²) >= 11 is 0. The van der Waals surface area contributed by atoms with Crippen molar-refractivity contribution in [1.82, 2.24) is 4.90 Å². The molecule has 0 aliphatic heterocycles. The van der Waals surface area contributed by atoms with Crippen LogP contribution in [0.5, 0.6) is 0 Å². The molecular weight excluding hydrogens is 262 g/mol. The van der Waals surface area contributed by atoms with E-state index < -0.39 is 18.1 Å². The molecule has 20 heavy (non-hydrogen) atoms. The standard InChI is InChI=1S/C14H17NO5/c1-11(13(17)19-2)15(8-9-16)14(18)20-10-12-6-4-3-5-7-12/h3-7,9,11H,8,10H2,1-2H3. The molecule has 1 amide bonds. The monoisotopic (exact) mass is 279 g/mol. The van der Waals surface area contributed by atoms with E-state index in [2.05, 4.69) is 4.74 Å². The maximum atomic E-state index is 11.9. The molecule has 0 aliphatic carbocycles. The van der Waals surface area contributed by atoms with Crippen LogP contribution in [0.2, 0.25) is 0 Å². The van der Waals surface area contributed by atoms with Gasteiger partial charge >= 0.3 is 12.1 Å². The highest BCUT2D eigenvalue weighted by Gasteiger charge is 2.27. The molecule has 1 atom stereocenters. The highest BCUT2D eigenvalue weighted by atomic mass is 16.6. The number of hydrogen-bond donors (Lipinski definition) is 0. The van der Waals surface area contributed by atoms with Gasteiger partial charge in [-0.2, -0.15) is 0 Å². The van der Waals surface area contributed by atoms with Crippen molar-refractivity contribution in [1.29, 1.82) is 0 Å². The molecule has 0 radical (unpaired) electrons.